The summed E-state index contributed by atoms with van der Waals surface area (Å²) >= 11 is 0. The number of aryl methyl sites for hydroxylation is 3. The van der Waals surface area contributed by atoms with Gasteiger partial charge in [-0.05, 0) is 62.6 Å². The second kappa shape index (κ2) is 7.50. The lowest BCUT2D eigenvalue weighted by molar-refractivity contribution is 0.0939. The van der Waals surface area contributed by atoms with Gasteiger partial charge in [0.2, 0.25) is 10.0 Å². The van der Waals surface area contributed by atoms with Gasteiger partial charge in [0.15, 0.2) is 0 Å². The molecule has 2 rings (SSSR count). The molecule has 140 valence electrons. The van der Waals surface area contributed by atoms with Gasteiger partial charge in [-0.1, -0.05) is 23.8 Å². The van der Waals surface area contributed by atoms with Gasteiger partial charge in [0, 0.05) is 12.6 Å². The fourth-order valence-electron chi connectivity index (χ4n) is 3.00. The van der Waals surface area contributed by atoms with E-state index in [-0.39, 0.29) is 11.9 Å². The number of benzene rings is 2. The highest BCUT2D eigenvalue weighted by Gasteiger charge is 2.17. The first-order valence-electron chi connectivity index (χ1n) is 8.43. The second-order valence-corrected chi connectivity index (χ2v) is 8.80. The Hall–Kier alpha value is -2.34. The predicted octanol–water partition coefficient (Wildman–Crippen LogP) is 3.50. The zero-order valence-electron chi connectivity index (χ0n) is 16.1. The topological polar surface area (TPSA) is 66.5 Å². The van der Waals surface area contributed by atoms with Crippen LogP contribution in [0.3, 0.4) is 0 Å². The number of hydrogen-bond donors (Lipinski definition) is 1. The Kier molecular flexibility index (Phi) is 5.76. The molecular weight excluding hydrogens is 348 g/mol. The van der Waals surface area contributed by atoms with E-state index in [2.05, 4.69) is 11.4 Å². The molecule has 0 heterocycles. The van der Waals surface area contributed by atoms with Gasteiger partial charge in [0.25, 0.3) is 5.91 Å². The summed E-state index contributed by atoms with van der Waals surface area (Å²) in [5, 5.41) is 3.01. The third-order valence-electron chi connectivity index (χ3n) is 4.54. The van der Waals surface area contributed by atoms with Crippen LogP contribution in [0.25, 0.3) is 0 Å². The molecule has 2 aromatic carbocycles. The SMILES string of the molecule is Cc1ccc([C@H](C)NC(=O)c2ccc(N(C)S(C)(=O)=O)c(C)c2)c(C)c1. The summed E-state index contributed by atoms with van der Waals surface area (Å²) in [4.78, 5) is 12.6. The van der Waals surface area contributed by atoms with Gasteiger partial charge in [0.05, 0.1) is 18.0 Å². The van der Waals surface area contributed by atoms with Crippen molar-refractivity contribution in [1.29, 1.82) is 0 Å². The van der Waals surface area contributed by atoms with Crippen LogP contribution in [-0.2, 0) is 10.0 Å². The molecule has 0 unspecified atom stereocenters. The molecule has 26 heavy (non-hydrogen) atoms. The number of anilines is 1. The van der Waals surface area contributed by atoms with E-state index < -0.39 is 10.0 Å². The molecule has 6 heteroatoms. The first-order valence-corrected chi connectivity index (χ1v) is 10.3. The number of nitrogens with zero attached hydrogens (tertiary/aromatic N) is 1. The minimum absolute atomic E-state index is 0.123. The van der Waals surface area contributed by atoms with E-state index >= 15 is 0 Å². The summed E-state index contributed by atoms with van der Waals surface area (Å²) < 4.78 is 24.6. The van der Waals surface area contributed by atoms with Crippen molar-refractivity contribution < 1.29 is 13.2 Å². The molecule has 0 spiro atoms. The summed E-state index contributed by atoms with van der Waals surface area (Å²) in [6, 6.07) is 11.1. The summed E-state index contributed by atoms with van der Waals surface area (Å²) in [6.45, 7) is 7.82. The number of nitrogens with one attached hydrogen (secondary N) is 1. The van der Waals surface area contributed by atoms with Gasteiger partial charge in [-0.15, -0.1) is 0 Å². The van der Waals surface area contributed by atoms with Gasteiger partial charge in [-0.25, -0.2) is 8.42 Å². The zero-order valence-corrected chi connectivity index (χ0v) is 16.9. The molecule has 0 aliphatic carbocycles. The van der Waals surface area contributed by atoms with Crippen LogP contribution in [0, 0.1) is 20.8 Å². The monoisotopic (exact) mass is 374 g/mol. The third kappa shape index (κ3) is 4.43. The van der Waals surface area contributed by atoms with E-state index in [0.717, 1.165) is 22.9 Å². The van der Waals surface area contributed by atoms with Crippen LogP contribution in [0.5, 0.6) is 0 Å². The molecular formula is C20H26N2O3S. The summed E-state index contributed by atoms with van der Waals surface area (Å²) in [7, 11) is -1.84. The van der Waals surface area contributed by atoms with Crippen molar-refractivity contribution in [2.75, 3.05) is 17.6 Å². The molecule has 1 amide bonds. The average Bonchev–Trinajstić information content (AvgIpc) is 2.52. The molecule has 2 aromatic rings. The molecule has 0 radical (unpaired) electrons. The molecule has 1 atom stereocenters. The molecule has 0 fully saturated rings. The maximum Gasteiger partial charge on any atom is 0.251 e. The number of amides is 1. The summed E-state index contributed by atoms with van der Waals surface area (Å²) in [5.41, 5.74) is 5.19. The zero-order chi connectivity index (χ0) is 19.6. The number of rotatable bonds is 5. The van der Waals surface area contributed by atoms with Crippen molar-refractivity contribution in [3.63, 3.8) is 0 Å². The Bertz CT molecular complexity index is 936. The maximum absolute atomic E-state index is 12.6. The second-order valence-electron chi connectivity index (χ2n) is 6.79. The fourth-order valence-corrected chi connectivity index (χ4v) is 3.56. The number of sulfonamides is 1. The smallest absolute Gasteiger partial charge is 0.251 e. The molecule has 0 aromatic heterocycles. The minimum Gasteiger partial charge on any atom is -0.346 e. The van der Waals surface area contributed by atoms with E-state index in [1.807, 2.05) is 32.9 Å². The average molecular weight is 375 g/mol. The predicted molar refractivity (Wildman–Crippen MR) is 106 cm³/mol. The fraction of sp³-hybridized carbons (Fsp3) is 0.350. The van der Waals surface area contributed by atoms with Crippen LogP contribution in [0.1, 0.15) is 45.6 Å². The van der Waals surface area contributed by atoms with Crippen LogP contribution in [-0.4, -0.2) is 27.6 Å². The number of carbonyl (C=O) groups is 1. The summed E-state index contributed by atoms with van der Waals surface area (Å²) in [6.07, 6.45) is 1.15. The third-order valence-corrected chi connectivity index (χ3v) is 5.73. The van der Waals surface area contributed by atoms with E-state index in [4.69, 9.17) is 0 Å². The van der Waals surface area contributed by atoms with Gasteiger partial charge >= 0.3 is 0 Å². The molecule has 0 aliphatic rings. The van der Waals surface area contributed by atoms with E-state index in [1.54, 1.807) is 25.1 Å². The largest absolute Gasteiger partial charge is 0.346 e. The normalized spacial score (nSPS) is 12.5. The van der Waals surface area contributed by atoms with Crippen molar-refractivity contribution in [3.8, 4) is 0 Å². The van der Waals surface area contributed by atoms with Gasteiger partial charge in [-0.2, -0.15) is 0 Å². The van der Waals surface area contributed by atoms with Crippen LogP contribution < -0.4 is 9.62 Å². The summed E-state index contributed by atoms with van der Waals surface area (Å²) in [5.74, 6) is -0.186. The molecule has 0 saturated carbocycles. The first kappa shape index (κ1) is 20.0. The maximum atomic E-state index is 12.6. The molecule has 0 aliphatic heterocycles. The van der Waals surface area contributed by atoms with Crippen molar-refractivity contribution in [2.24, 2.45) is 0 Å². The Morgan fingerprint density at radius 3 is 2.23 bits per heavy atom. The van der Waals surface area contributed by atoms with Crippen molar-refractivity contribution in [2.45, 2.75) is 33.7 Å². The Morgan fingerprint density at radius 1 is 1.04 bits per heavy atom. The highest BCUT2D eigenvalue weighted by atomic mass is 32.2. The van der Waals surface area contributed by atoms with Crippen LogP contribution in [0.4, 0.5) is 5.69 Å². The number of hydrogen-bond acceptors (Lipinski definition) is 3. The number of carbonyl (C=O) groups excluding carboxylic acids is 1. The Balaban J connectivity index is 2.21. The molecule has 1 N–H and O–H groups in total. The lowest BCUT2D eigenvalue weighted by atomic mass is 10.00. The van der Waals surface area contributed by atoms with E-state index in [0.29, 0.717) is 11.3 Å². The van der Waals surface area contributed by atoms with E-state index in [1.165, 1.54) is 16.9 Å². The van der Waals surface area contributed by atoms with Crippen molar-refractivity contribution in [3.05, 3.63) is 64.2 Å². The van der Waals surface area contributed by atoms with Crippen molar-refractivity contribution in [1.82, 2.24) is 5.32 Å². The van der Waals surface area contributed by atoms with Crippen LogP contribution >= 0.6 is 0 Å². The Morgan fingerprint density at radius 2 is 1.69 bits per heavy atom. The molecule has 5 nitrogen and oxygen atoms in total. The van der Waals surface area contributed by atoms with Crippen LogP contribution in [0.15, 0.2) is 36.4 Å². The highest BCUT2D eigenvalue weighted by Crippen LogP contribution is 2.23. The first-order chi connectivity index (χ1) is 12.0. The van der Waals surface area contributed by atoms with Gasteiger partial charge < -0.3 is 5.32 Å². The van der Waals surface area contributed by atoms with E-state index in [9.17, 15) is 13.2 Å². The van der Waals surface area contributed by atoms with Crippen LogP contribution in [0.2, 0.25) is 0 Å². The van der Waals surface area contributed by atoms with Gasteiger partial charge in [0.1, 0.15) is 0 Å². The molecule has 0 saturated heterocycles. The lowest BCUT2D eigenvalue weighted by Gasteiger charge is -2.20. The lowest BCUT2D eigenvalue weighted by Crippen LogP contribution is -2.28. The van der Waals surface area contributed by atoms with Crippen molar-refractivity contribution >= 4 is 21.6 Å². The quantitative estimate of drug-likeness (QED) is 0.871. The molecule has 0 bridgehead atoms. The standard InChI is InChI=1S/C20H26N2O3S/c1-13-7-9-18(14(2)11-13)16(4)21-20(23)17-8-10-19(15(3)12-17)22(5)26(6,24)25/h7-12,16H,1-6H3,(H,21,23)/t16-/m0/s1. The Labute approximate surface area is 156 Å². The highest BCUT2D eigenvalue weighted by molar-refractivity contribution is 7.92. The van der Waals surface area contributed by atoms with Gasteiger partial charge in [-0.3, -0.25) is 9.10 Å². The minimum atomic E-state index is -3.34.